The molecule has 2 aromatic carbocycles. The number of benzene rings is 2. The van der Waals surface area contributed by atoms with E-state index in [0.29, 0.717) is 0 Å². The summed E-state index contributed by atoms with van der Waals surface area (Å²) in [6.07, 6.45) is 0. The maximum Gasteiger partial charge on any atom is 2.00 e. The van der Waals surface area contributed by atoms with E-state index in [-0.39, 0.29) is 17.4 Å². The van der Waals surface area contributed by atoms with Crippen LogP contribution in [0.5, 0.6) is 0 Å². The Morgan fingerprint density at radius 2 is 0.769 bits per heavy atom. The van der Waals surface area contributed by atoms with Crippen LogP contribution in [0, 0.1) is 12.1 Å². The molecule has 0 aliphatic carbocycles. The van der Waals surface area contributed by atoms with Gasteiger partial charge in [-0.3, -0.25) is 0 Å². The van der Waals surface area contributed by atoms with Gasteiger partial charge < -0.3 is 0 Å². The standard InChI is InChI=1S/2C6H5.Cr/c2*1-2-4-6-5-3-1;/h2*1-5H;/q2*-1;+2. The smallest absolute Gasteiger partial charge is 0.184 e. The van der Waals surface area contributed by atoms with Gasteiger partial charge in [0, 0.05) is 0 Å². The maximum absolute atomic E-state index is 2.89. The topological polar surface area (TPSA) is 0 Å². The van der Waals surface area contributed by atoms with Crippen molar-refractivity contribution in [1.82, 2.24) is 0 Å². The van der Waals surface area contributed by atoms with Gasteiger partial charge in [0.05, 0.1) is 0 Å². The average molecular weight is 206 g/mol. The Morgan fingerprint density at radius 1 is 0.462 bits per heavy atom. The molecule has 0 radical (unpaired) electrons. The molecule has 0 N–H and O–H groups in total. The SMILES string of the molecule is [Cr+2].[c-]1ccccc1.[c-]1ccccc1. The van der Waals surface area contributed by atoms with E-state index in [0.717, 1.165) is 0 Å². The first-order valence-electron chi connectivity index (χ1n) is 3.82. The molecule has 0 spiro atoms. The fraction of sp³-hybridized carbons (Fsp3) is 0. The van der Waals surface area contributed by atoms with Crippen LogP contribution in [0.1, 0.15) is 0 Å². The summed E-state index contributed by atoms with van der Waals surface area (Å²) in [5.74, 6) is 0. The van der Waals surface area contributed by atoms with Crippen molar-refractivity contribution in [2.24, 2.45) is 0 Å². The van der Waals surface area contributed by atoms with Crippen LogP contribution in [0.25, 0.3) is 0 Å². The zero-order valence-electron chi connectivity index (χ0n) is 7.18. The molecule has 0 saturated heterocycles. The zero-order chi connectivity index (χ0) is 8.49. The summed E-state index contributed by atoms with van der Waals surface area (Å²) in [4.78, 5) is 0. The van der Waals surface area contributed by atoms with Crippen molar-refractivity contribution in [2.45, 2.75) is 0 Å². The first kappa shape index (κ1) is 12.0. The quantitative estimate of drug-likeness (QED) is 0.581. The molecule has 2 rings (SSSR count). The summed E-state index contributed by atoms with van der Waals surface area (Å²) in [7, 11) is 0. The summed E-state index contributed by atoms with van der Waals surface area (Å²) in [6, 6.07) is 25.0. The molecule has 0 unspecified atom stereocenters. The average Bonchev–Trinajstić information content (AvgIpc) is 2.24. The van der Waals surface area contributed by atoms with E-state index in [1.807, 2.05) is 60.7 Å². The molecule has 0 fully saturated rings. The van der Waals surface area contributed by atoms with Crippen molar-refractivity contribution >= 4 is 0 Å². The summed E-state index contributed by atoms with van der Waals surface area (Å²) in [5.41, 5.74) is 0. The first-order valence-corrected chi connectivity index (χ1v) is 3.82. The van der Waals surface area contributed by atoms with Crippen LogP contribution in [-0.4, -0.2) is 0 Å². The molecule has 0 saturated carbocycles. The molecule has 13 heavy (non-hydrogen) atoms. The van der Waals surface area contributed by atoms with Gasteiger partial charge in [0.2, 0.25) is 0 Å². The molecular formula is C12H10Cr. The van der Waals surface area contributed by atoms with Gasteiger partial charge in [0.1, 0.15) is 0 Å². The van der Waals surface area contributed by atoms with Crippen LogP contribution in [-0.2, 0) is 17.4 Å². The third-order valence-corrected chi connectivity index (χ3v) is 1.21. The maximum atomic E-state index is 2.89. The van der Waals surface area contributed by atoms with Crippen molar-refractivity contribution in [3.63, 3.8) is 0 Å². The fourth-order valence-electron chi connectivity index (χ4n) is 0.684. The van der Waals surface area contributed by atoms with E-state index >= 15 is 0 Å². The summed E-state index contributed by atoms with van der Waals surface area (Å²) < 4.78 is 0. The molecule has 0 bridgehead atoms. The zero-order valence-corrected chi connectivity index (χ0v) is 8.46. The minimum absolute atomic E-state index is 0. The summed E-state index contributed by atoms with van der Waals surface area (Å²) >= 11 is 0. The first-order chi connectivity index (χ1) is 6.00. The van der Waals surface area contributed by atoms with Gasteiger partial charge in [0.15, 0.2) is 0 Å². The van der Waals surface area contributed by atoms with Gasteiger partial charge >= 0.3 is 17.4 Å². The second kappa shape index (κ2) is 9.06. The Kier molecular flexibility index (Phi) is 8.35. The summed E-state index contributed by atoms with van der Waals surface area (Å²) in [5, 5.41) is 0. The predicted molar refractivity (Wildman–Crippen MR) is 50.6 cm³/mol. The fourth-order valence-corrected chi connectivity index (χ4v) is 0.684. The Bertz CT molecular complexity index is 181. The van der Waals surface area contributed by atoms with E-state index < -0.39 is 0 Å². The van der Waals surface area contributed by atoms with Gasteiger partial charge in [-0.25, -0.2) is 0 Å². The van der Waals surface area contributed by atoms with Crippen LogP contribution in [0.4, 0.5) is 0 Å². The van der Waals surface area contributed by atoms with Crippen LogP contribution in [0.15, 0.2) is 60.7 Å². The molecular weight excluding hydrogens is 196 g/mol. The molecule has 0 aliphatic heterocycles. The van der Waals surface area contributed by atoms with E-state index in [4.69, 9.17) is 0 Å². The Hall–Kier alpha value is -1.03. The second-order valence-corrected chi connectivity index (χ2v) is 2.15. The molecule has 0 aromatic heterocycles. The minimum atomic E-state index is 0. The normalized spacial score (nSPS) is 7.38. The van der Waals surface area contributed by atoms with E-state index in [1.165, 1.54) is 0 Å². The second-order valence-electron chi connectivity index (χ2n) is 2.15. The molecule has 0 atom stereocenters. The molecule has 2 aromatic rings. The van der Waals surface area contributed by atoms with Crippen molar-refractivity contribution in [3.8, 4) is 0 Å². The molecule has 64 valence electrons. The van der Waals surface area contributed by atoms with Crippen molar-refractivity contribution in [1.29, 1.82) is 0 Å². The Balaban J connectivity index is 0.000000206. The third kappa shape index (κ3) is 7.34. The van der Waals surface area contributed by atoms with E-state index in [9.17, 15) is 0 Å². The van der Waals surface area contributed by atoms with Gasteiger partial charge in [-0.15, -0.1) is 0 Å². The van der Waals surface area contributed by atoms with Crippen molar-refractivity contribution < 1.29 is 17.4 Å². The molecule has 0 amide bonds. The van der Waals surface area contributed by atoms with Gasteiger partial charge in [-0.05, 0) is 0 Å². The molecule has 0 nitrogen and oxygen atoms in total. The van der Waals surface area contributed by atoms with Gasteiger partial charge in [-0.2, -0.15) is 72.8 Å². The number of rotatable bonds is 0. The summed E-state index contributed by atoms with van der Waals surface area (Å²) in [6.45, 7) is 0. The Morgan fingerprint density at radius 3 is 0.846 bits per heavy atom. The molecule has 0 aliphatic rings. The van der Waals surface area contributed by atoms with Gasteiger partial charge in [-0.1, -0.05) is 0 Å². The largest absolute Gasteiger partial charge is 2.00 e. The van der Waals surface area contributed by atoms with Crippen LogP contribution < -0.4 is 0 Å². The van der Waals surface area contributed by atoms with Crippen LogP contribution in [0.3, 0.4) is 0 Å². The molecule has 0 heterocycles. The minimum Gasteiger partial charge on any atom is -0.184 e. The number of hydrogen-bond acceptors (Lipinski definition) is 0. The van der Waals surface area contributed by atoms with Crippen molar-refractivity contribution in [2.75, 3.05) is 0 Å². The van der Waals surface area contributed by atoms with Crippen molar-refractivity contribution in [3.05, 3.63) is 72.8 Å². The third-order valence-electron chi connectivity index (χ3n) is 1.21. The monoisotopic (exact) mass is 206 g/mol. The predicted octanol–water partition coefficient (Wildman–Crippen LogP) is 2.97. The van der Waals surface area contributed by atoms with Crippen LogP contribution >= 0.6 is 0 Å². The number of hydrogen-bond donors (Lipinski definition) is 0. The van der Waals surface area contributed by atoms with Gasteiger partial charge in [0.25, 0.3) is 0 Å². The molecule has 1 heteroatoms. The van der Waals surface area contributed by atoms with E-state index in [2.05, 4.69) is 12.1 Å². The van der Waals surface area contributed by atoms with E-state index in [1.54, 1.807) is 0 Å². The Labute approximate surface area is 90.4 Å². The van der Waals surface area contributed by atoms with Crippen LogP contribution in [0.2, 0.25) is 0 Å².